The number of carbonyl (C=O) groups excluding carboxylic acids is 3. The molecule has 0 aliphatic carbocycles. The number of piperazine rings is 1. The van der Waals surface area contributed by atoms with Crippen LogP contribution in [-0.2, 0) is 16.0 Å². The normalized spacial score (nSPS) is 14.7. The van der Waals surface area contributed by atoms with Gasteiger partial charge in [0.2, 0.25) is 11.8 Å². The number of nitrogens with zero attached hydrogens (tertiary/aromatic N) is 3. The van der Waals surface area contributed by atoms with Crippen LogP contribution in [0, 0.1) is 0 Å². The maximum absolute atomic E-state index is 12.2. The quantitative estimate of drug-likeness (QED) is 0.841. The van der Waals surface area contributed by atoms with Crippen molar-refractivity contribution in [1.82, 2.24) is 20.1 Å². The molecule has 1 aliphatic rings. The number of nitrogens with one attached hydrogen (secondary N) is 2. The number of hydrogen-bond acceptors (Lipinski definition) is 5. The van der Waals surface area contributed by atoms with Crippen molar-refractivity contribution in [2.75, 3.05) is 31.5 Å². The Labute approximate surface area is 145 Å². The smallest absolute Gasteiger partial charge is 0.323 e. The topological polar surface area (TPSA) is 94.6 Å². The molecule has 1 aromatic rings. The fourth-order valence-corrected chi connectivity index (χ4v) is 3.08. The van der Waals surface area contributed by atoms with Crippen LogP contribution < -0.4 is 10.6 Å². The summed E-state index contributed by atoms with van der Waals surface area (Å²) in [6.45, 7) is 7.42. The van der Waals surface area contributed by atoms with Gasteiger partial charge in [0.15, 0.2) is 5.13 Å². The van der Waals surface area contributed by atoms with Crippen LogP contribution >= 0.6 is 11.3 Å². The molecule has 1 fully saturated rings. The van der Waals surface area contributed by atoms with Crippen LogP contribution in [0.1, 0.15) is 26.5 Å². The Hall–Kier alpha value is -2.16. The van der Waals surface area contributed by atoms with E-state index in [2.05, 4.69) is 15.6 Å². The van der Waals surface area contributed by atoms with Gasteiger partial charge in [-0.05, 0) is 13.8 Å². The summed E-state index contributed by atoms with van der Waals surface area (Å²) in [5.74, 6) is -0.0622. The second kappa shape index (κ2) is 8.09. The van der Waals surface area contributed by atoms with E-state index in [0.29, 0.717) is 37.0 Å². The maximum atomic E-state index is 12.2. The minimum atomic E-state index is -0.231. The summed E-state index contributed by atoms with van der Waals surface area (Å²) >= 11 is 1.29. The standard InChI is InChI=1S/C15H23N5O3S/c1-10(2)16-13(22)8-12-9-24-14(17-12)18-15(23)20-6-4-19(5-7-20)11(3)21/h9-10H,4-8H2,1-3H3,(H,16,22)(H,17,18,23). The van der Waals surface area contributed by atoms with Gasteiger partial charge in [-0.1, -0.05) is 0 Å². The number of hydrogen-bond donors (Lipinski definition) is 2. The van der Waals surface area contributed by atoms with Crippen molar-refractivity contribution in [1.29, 1.82) is 0 Å². The molecule has 0 saturated carbocycles. The molecular weight excluding hydrogens is 330 g/mol. The van der Waals surface area contributed by atoms with Crippen molar-refractivity contribution < 1.29 is 14.4 Å². The Morgan fingerprint density at radius 2 is 1.83 bits per heavy atom. The Balaban J connectivity index is 1.83. The number of rotatable bonds is 4. The molecule has 2 heterocycles. The van der Waals surface area contributed by atoms with Crippen LogP contribution in [0.2, 0.25) is 0 Å². The van der Waals surface area contributed by atoms with Gasteiger partial charge in [0, 0.05) is 44.5 Å². The zero-order chi connectivity index (χ0) is 17.7. The summed E-state index contributed by atoms with van der Waals surface area (Å²) in [5, 5.41) is 7.79. The summed E-state index contributed by atoms with van der Waals surface area (Å²) < 4.78 is 0. The zero-order valence-electron chi connectivity index (χ0n) is 14.2. The van der Waals surface area contributed by atoms with Gasteiger partial charge < -0.3 is 15.1 Å². The lowest BCUT2D eigenvalue weighted by Gasteiger charge is -2.33. The number of carbonyl (C=O) groups is 3. The van der Waals surface area contributed by atoms with E-state index in [4.69, 9.17) is 0 Å². The third-order valence-electron chi connectivity index (χ3n) is 3.57. The Morgan fingerprint density at radius 3 is 2.42 bits per heavy atom. The zero-order valence-corrected chi connectivity index (χ0v) is 15.0. The Morgan fingerprint density at radius 1 is 1.21 bits per heavy atom. The first-order valence-electron chi connectivity index (χ1n) is 7.90. The van der Waals surface area contributed by atoms with Gasteiger partial charge in [0.25, 0.3) is 0 Å². The number of aromatic nitrogens is 1. The van der Waals surface area contributed by atoms with Gasteiger partial charge in [-0.15, -0.1) is 11.3 Å². The van der Waals surface area contributed by atoms with Gasteiger partial charge in [0.05, 0.1) is 12.1 Å². The molecule has 9 heteroatoms. The summed E-state index contributed by atoms with van der Waals surface area (Å²) in [6.07, 6.45) is 0.196. The molecule has 4 amide bonds. The maximum Gasteiger partial charge on any atom is 0.323 e. The van der Waals surface area contributed by atoms with Gasteiger partial charge in [0.1, 0.15) is 0 Å². The van der Waals surface area contributed by atoms with Crippen LogP contribution in [0.4, 0.5) is 9.93 Å². The lowest BCUT2D eigenvalue weighted by Crippen LogP contribution is -2.51. The molecule has 0 bridgehead atoms. The van der Waals surface area contributed by atoms with Crippen LogP contribution in [-0.4, -0.2) is 64.9 Å². The van der Waals surface area contributed by atoms with Gasteiger partial charge in [-0.3, -0.25) is 14.9 Å². The SMILES string of the molecule is CC(=O)N1CCN(C(=O)Nc2nc(CC(=O)NC(C)C)cs2)CC1. The minimum Gasteiger partial charge on any atom is -0.354 e. The van der Waals surface area contributed by atoms with Crippen molar-refractivity contribution in [3.63, 3.8) is 0 Å². The Bertz CT molecular complexity index is 608. The van der Waals surface area contributed by atoms with Crippen LogP contribution in [0.25, 0.3) is 0 Å². The molecule has 0 atom stereocenters. The molecule has 2 rings (SSSR count). The molecular formula is C15H23N5O3S. The predicted octanol–water partition coefficient (Wildman–Crippen LogP) is 0.906. The van der Waals surface area contributed by atoms with E-state index in [-0.39, 0.29) is 30.3 Å². The van der Waals surface area contributed by atoms with E-state index in [0.717, 1.165) is 0 Å². The molecule has 0 aromatic carbocycles. The lowest BCUT2D eigenvalue weighted by molar-refractivity contribution is -0.130. The van der Waals surface area contributed by atoms with E-state index in [1.165, 1.54) is 18.3 Å². The highest BCUT2D eigenvalue weighted by atomic mass is 32.1. The molecule has 0 unspecified atom stereocenters. The molecule has 2 N–H and O–H groups in total. The molecule has 24 heavy (non-hydrogen) atoms. The van der Waals surface area contributed by atoms with E-state index < -0.39 is 0 Å². The number of urea groups is 1. The highest BCUT2D eigenvalue weighted by Crippen LogP contribution is 2.17. The van der Waals surface area contributed by atoms with Crippen LogP contribution in [0.15, 0.2) is 5.38 Å². The first-order chi connectivity index (χ1) is 11.3. The highest BCUT2D eigenvalue weighted by Gasteiger charge is 2.23. The lowest BCUT2D eigenvalue weighted by atomic mass is 10.3. The van der Waals surface area contributed by atoms with E-state index in [9.17, 15) is 14.4 Å². The van der Waals surface area contributed by atoms with Crippen LogP contribution in [0.5, 0.6) is 0 Å². The van der Waals surface area contributed by atoms with Crippen molar-refractivity contribution >= 4 is 34.3 Å². The fraction of sp³-hybridized carbons (Fsp3) is 0.600. The molecule has 1 saturated heterocycles. The minimum absolute atomic E-state index is 0.0271. The number of thiazole rings is 1. The van der Waals surface area contributed by atoms with Crippen molar-refractivity contribution in [2.45, 2.75) is 33.2 Å². The van der Waals surface area contributed by atoms with E-state index in [1.807, 2.05) is 13.8 Å². The Kier molecular flexibility index (Phi) is 6.13. The molecule has 0 spiro atoms. The highest BCUT2D eigenvalue weighted by molar-refractivity contribution is 7.13. The summed E-state index contributed by atoms with van der Waals surface area (Å²) in [6, 6.07) is -0.144. The van der Waals surface area contributed by atoms with Gasteiger partial charge in [-0.25, -0.2) is 9.78 Å². The van der Waals surface area contributed by atoms with Crippen molar-refractivity contribution in [3.05, 3.63) is 11.1 Å². The molecule has 1 aliphatic heterocycles. The molecule has 0 radical (unpaired) electrons. The third-order valence-corrected chi connectivity index (χ3v) is 4.38. The van der Waals surface area contributed by atoms with Gasteiger partial charge >= 0.3 is 6.03 Å². The van der Waals surface area contributed by atoms with Crippen LogP contribution in [0.3, 0.4) is 0 Å². The first kappa shape index (κ1) is 18.2. The molecule has 132 valence electrons. The number of amides is 4. The van der Waals surface area contributed by atoms with Crippen molar-refractivity contribution in [3.8, 4) is 0 Å². The molecule has 8 nitrogen and oxygen atoms in total. The van der Waals surface area contributed by atoms with Gasteiger partial charge in [-0.2, -0.15) is 0 Å². The second-order valence-corrected chi connectivity index (χ2v) is 6.82. The van der Waals surface area contributed by atoms with Crippen molar-refractivity contribution in [2.24, 2.45) is 0 Å². The largest absolute Gasteiger partial charge is 0.354 e. The van der Waals surface area contributed by atoms with E-state index >= 15 is 0 Å². The predicted molar refractivity (Wildman–Crippen MR) is 91.9 cm³/mol. The summed E-state index contributed by atoms with van der Waals surface area (Å²) in [5.41, 5.74) is 0.634. The fourth-order valence-electron chi connectivity index (χ4n) is 2.38. The average Bonchev–Trinajstić information content (AvgIpc) is 2.93. The van der Waals surface area contributed by atoms with E-state index in [1.54, 1.807) is 15.2 Å². The second-order valence-electron chi connectivity index (χ2n) is 5.97. The summed E-state index contributed by atoms with van der Waals surface area (Å²) in [7, 11) is 0. The summed E-state index contributed by atoms with van der Waals surface area (Å²) in [4.78, 5) is 42.9. The molecule has 1 aromatic heterocycles. The third kappa shape index (κ3) is 5.19. The average molecular weight is 353 g/mol. The number of anilines is 1. The first-order valence-corrected chi connectivity index (χ1v) is 8.78. The monoisotopic (exact) mass is 353 g/mol.